The molecule has 0 saturated carbocycles. The van der Waals surface area contributed by atoms with Gasteiger partial charge in [-0.15, -0.1) is 0 Å². The van der Waals surface area contributed by atoms with E-state index in [1.807, 2.05) is 0 Å². The molecule has 0 saturated heterocycles. The molecule has 6 atom stereocenters. The van der Waals surface area contributed by atoms with Crippen molar-refractivity contribution in [2.24, 2.45) is 17.4 Å². The molecule has 3 heterocycles. The van der Waals surface area contributed by atoms with Gasteiger partial charge in [-0.3, -0.25) is 52.7 Å². The lowest BCUT2D eigenvalue weighted by Crippen LogP contribution is -2.58. The van der Waals surface area contributed by atoms with Gasteiger partial charge in [0.05, 0.1) is 45.2 Å². The molecule has 0 spiro atoms. The second kappa shape index (κ2) is 28.0. The number of H-pyrrole nitrogens is 3. The predicted octanol–water partition coefficient (Wildman–Crippen LogP) is -7.90. The number of amides is 10. The van der Waals surface area contributed by atoms with E-state index in [1.165, 1.54) is 37.6 Å². The van der Waals surface area contributed by atoms with Crippen LogP contribution in [0.2, 0.25) is 0 Å². The second-order valence-corrected chi connectivity index (χ2v) is 15.6. The van der Waals surface area contributed by atoms with Crippen LogP contribution in [0.1, 0.15) is 43.8 Å². The van der Waals surface area contributed by atoms with Crippen LogP contribution < -0.4 is 59.3 Å². The number of rotatable bonds is 30. The number of carboxylic acids is 1. The number of hydrogen-bond donors (Lipinski definition) is 16. The van der Waals surface area contributed by atoms with Crippen molar-refractivity contribution in [3.05, 3.63) is 54.7 Å². The number of aliphatic carboxylic acids is 1. The number of carbonyl (C=O) groups is 11. The Labute approximate surface area is 392 Å². The highest BCUT2D eigenvalue weighted by molar-refractivity contribution is 5.97. The molecule has 0 aliphatic heterocycles. The van der Waals surface area contributed by atoms with Crippen LogP contribution in [0.4, 0.5) is 0 Å². The van der Waals surface area contributed by atoms with Gasteiger partial charge in [-0.25, -0.2) is 15.0 Å². The van der Waals surface area contributed by atoms with Crippen LogP contribution in [0, 0.1) is 5.92 Å². The molecule has 10 amide bonds. The van der Waals surface area contributed by atoms with Crippen molar-refractivity contribution in [2.45, 2.75) is 82.2 Å². The third-order valence-corrected chi connectivity index (χ3v) is 9.67. The zero-order valence-electron chi connectivity index (χ0n) is 37.5. The number of carboxylic acid groups (broad SMARTS) is 1. The Hall–Kier alpha value is -8.28. The summed E-state index contributed by atoms with van der Waals surface area (Å²) in [5.74, 6) is -10.6. The average molecular weight is 972 g/mol. The zero-order valence-corrected chi connectivity index (χ0v) is 37.5. The smallest absolute Gasteiger partial charge is 0.322 e. The molecule has 376 valence electrons. The lowest BCUT2D eigenvalue weighted by molar-refractivity contribution is -0.138. The van der Waals surface area contributed by atoms with E-state index < -0.39 is 146 Å². The summed E-state index contributed by atoms with van der Waals surface area (Å²) in [4.78, 5) is 161. The maximum Gasteiger partial charge on any atom is 0.322 e. The molecule has 3 rings (SSSR count). The van der Waals surface area contributed by atoms with Crippen molar-refractivity contribution in [1.82, 2.24) is 77.8 Å². The molecule has 0 radical (unpaired) electrons. The van der Waals surface area contributed by atoms with E-state index in [4.69, 9.17) is 21.7 Å². The predicted molar refractivity (Wildman–Crippen MR) is 235 cm³/mol. The first-order chi connectivity index (χ1) is 32.8. The summed E-state index contributed by atoms with van der Waals surface area (Å²) in [7, 11) is 0. The molecule has 18 N–H and O–H groups in total. The minimum Gasteiger partial charge on any atom is -0.480 e. The van der Waals surface area contributed by atoms with Crippen LogP contribution in [0.25, 0.3) is 0 Å². The summed E-state index contributed by atoms with van der Waals surface area (Å²) in [6.45, 7) is -0.314. The van der Waals surface area contributed by atoms with Crippen LogP contribution >= 0.6 is 0 Å². The lowest BCUT2D eigenvalue weighted by atomic mass is 10.0. The van der Waals surface area contributed by atoms with Crippen molar-refractivity contribution in [3.63, 3.8) is 0 Å². The third kappa shape index (κ3) is 20.0. The number of carbonyl (C=O) groups excluding carboxylic acids is 10. The molecule has 30 nitrogen and oxygen atoms in total. The SMILES string of the molecule is CC(C)[C@H](NC(=O)CNC(=O)[C@H](Cc1cnc[nH]1)NC(=O)[C@H](CCC(N)=O)NC(=O)CNC(=O)[C@H](Cc1cnc[nH]1)NC(=O)CNC(=O)[C@@H](N)CO)C(=O)N[C@@H](Cc1cnc[nH]1)C(=O)NCC(=O)O. The number of aliphatic hydroxyl groups is 1. The first-order valence-electron chi connectivity index (χ1n) is 21.1. The van der Waals surface area contributed by atoms with E-state index >= 15 is 0 Å². The number of nitrogens with two attached hydrogens (primary N) is 2. The van der Waals surface area contributed by atoms with E-state index in [0.29, 0.717) is 17.1 Å². The van der Waals surface area contributed by atoms with Crippen LogP contribution in [-0.4, -0.2) is 174 Å². The Morgan fingerprint density at radius 2 is 0.942 bits per heavy atom. The molecule has 30 heteroatoms. The molecule has 0 aliphatic rings. The minimum absolute atomic E-state index is 0.109. The molecule has 3 aromatic rings. The minimum atomic E-state index is -1.52. The highest BCUT2D eigenvalue weighted by Gasteiger charge is 2.32. The summed E-state index contributed by atoms with van der Waals surface area (Å²) in [5, 5.41) is 39.4. The normalized spacial score (nSPS) is 13.5. The highest BCUT2D eigenvalue weighted by atomic mass is 16.4. The van der Waals surface area contributed by atoms with Gasteiger partial charge >= 0.3 is 5.97 Å². The Morgan fingerprint density at radius 3 is 1.33 bits per heavy atom. The first-order valence-corrected chi connectivity index (χ1v) is 21.1. The van der Waals surface area contributed by atoms with Gasteiger partial charge < -0.3 is 84.5 Å². The van der Waals surface area contributed by atoms with E-state index in [9.17, 15) is 52.7 Å². The molecular formula is C39H57N17O13. The topological polar surface area (TPSA) is 475 Å². The number of imidazole rings is 3. The zero-order chi connectivity index (χ0) is 51.0. The van der Waals surface area contributed by atoms with Gasteiger partial charge in [0, 0.05) is 61.4 Å². The Morgan fingerprint density at radius 1 is 0.551 bits per heavy atom. The maximum absolute atomic E-state index is 13.7. The molecule has 0 aliphatic carbocycles. The molecule has 0 unspecified atom stereocenters. The van der Waals surface area contributed by atoms with Gasteiger partial charge in [0.2, 0.25) is 59.1 Å². The van der Waals surface area contributed by atoms with Crippen LogP contribution in [0.3, 0.4) is 0 Å². The fourth-order valence-corrected chi connectivity index (χ4v) is 6.06. The number of nitrogens with one attached hydrogen (secondary N) is 12. The van der Waals surface area contributed by atoms with Crippen LogP contribution in [-0.2, 0) is 72.0 Å². The van der Waals surface area contributed by atoms with E-state index in [1.54, 1.807) is 13.8 Å². The number of aliphatic hydroxyl groups excluding tert-OH is 1. The molecule has 3 aromatic heterocycles. The van der Waals surface area contributed by atoms with Crippen LogP contribution in [0.15, 0.2) is 37.6 Å². The molecule has 69 heavy (non-hydrogen) atoms. The Balaban J connectivity index is 1.68. The van der Waals surface area contributed by atoms with Crippen molar-refractivity contribution in [1.29, 1.82) is 0 Å². The van der Waals surface area contributed by atoms with Crippen molar-refractivity contribution >= 4 is 65.0 Å². The van der Waals surface area contributed by atoms with Gasteiger partial charge in [0.1, 0.15) is 42.8 Å². The second-order valence-electron chi connectivity index (χ2n) is 15.6. The van der Waals surface area contributed by atoms with Gasteiger partial charge in [-0.1, -0.05) is 13.8 Å². The Bertz CT molecular complexity index is 2220. The molecule has 0 bridgehead atoms. The summed E-state index contributed by atoms with van der Waals surface area (Å²) in [5.41, 5.74) is 11.9. The summed E-state index contributed by atoms with van der Waals surface area (Å²) in [6, 6.07) is -8.14. The number of hydrogen-bond acceptors (Lipinski definition) is 16. The summed E-state index contributed by atoms with van der Waals surface area (Å²) in [6.07, 6.45) is 6.82. The maximum atomic E-state index is 13.7. The molecule has 0 aromatic carbocycles. The number of nitrogens with zero attached hydrogens (tertiary/aromatic N) is 3. The summed E-state index contributed by atoms with van der Waals surface area (Å²) >= 11 is 0. The standard InChI is InChI=1S/C39H57N17O13/c1-19(2)33(39(69)55-27(7-22-10-44-18-51-22)37(67)48-14-32(62)63)56-31(61)13-47-36(66)26(6-21-9-43-17-50-21)54-38(68)24(3-4-28(41)58)52-29(59)12-46-35(65)25(5-20-8-42-16-49-20)53-30(60)11-45-34(64)23(40)15-57/h8-10,16-19,23-27,33,57H,3-7,11-15,40H2,1-2H3,(H2,41,58)(H,42,49)(H,43,50)(H,44,51)(H,45,64)(H,46,65)(H,47,66)(H,48,67)(H,52,59)(H,53,60)(H,54,68)(H,55,69)(H,56,61)(H,62,63)/t23-,24-,25-,26-,27-,33-/m0/s1. The van der Waals surface area contributed by atoms with Gasteiger partial charge in [0.15, 0.2) is 0 Å². The van der Waals surface area contributed by atoms with E-state index in [0.717, 1.165) is 0 Å². The largest absolute Gasteiger partial charge is 0.480 e. The highest BCUT2D eigenvalue weighted by Crippen LogP contribution is 2.07. The van der Waals surface area contributed by atoms with Gasteiger partial charge in [-0.05, 0) is 12.3 Å². The van der Waals surface area contributed by atoms with Crippen molar-refractivity contribution in [3.8, 4) is 0 Å². The van der Waals surface area contributed by atoms with Crippen molar-refractivity contribution < 1.29 is 63.0 Å². The van der Waals surface area contributed by atoms with E-state index in [-0.39, 0.29) is 25.7 Å². The molecular weight excluding hydrogens is 915 g/mol. The molecule has 0 fully saturated rings. The van der Waals surface area contributed by atoms with E-state index in [2.05, 4.69) is 77.8 Å². The monoisotopic (exact) mass is 971 g/mol. The number of aromatic amines is 3. The van der Waals surface area contributed by atoms with Crippen molar-refractivity contribution in [2.75, 3.05) is 32.8 Å². The van der Waals surface area contributed by atoms with Gasteiger partial charge in [0.25, 0.3) is 0 Å². The summed E-state index contributed by atoms with van der Waals surface area (Å²) < 4.78 is 0. The number of aromatic nitrogens is 6. The average Bonchev–Trinajstić information content (AvgIpc) is 4.14. The quantitative estimate of drug-likeness (QED) is 0.0295. The number of primary amides is 1. The van der Waals surface area contributed by atoms with Crippen LogP contribution in [0.5, 0.6) is 0 Å². The first kappa shape index (κ1) is 55.1. The fraction of sp³-hybridized carbons (Fsp3) is 0.487. The lowest BCUT2D eigenvalue weighted by Gasteiger charge is -2.25. The third-order valence-electron chi connectivity index (χ3n) is 9.67. The fourth-order valence-electron chi connectivity index (χ4n) is 6.06. The Kier molecular flexibility index (Phi) is 22.4. The van der Waals surface area contributed by atoms with Gasteiger partial charge in [-0.2, -0.15) is 0 Å².